The van der Waals surface area contributed by atoms with Crippen molar-refractivity contribution >= 4 is 26.0 Å². The normalized spacial score (nSPS) is 18.6. The summed E-state index contributed by atoms with van der Waals surface area (Å²) in [7, 11) is -3.49. The average Bonchev–Trinajstić information content (AvgIpc) is 2.90. The van der Waals surface area contributed by atoms with Crippen molar-refractivity contribution < 1.29 is 8.42 Å². The molecule has 1 aromatic rings. The summed E-state index contributed by atoms with van der Waals surface area (Å²) in [5, 5.41) is 0. The van der Waals surface area contributed by atoms with Crippen LogP contribution in [0, 0.1) is 5.92 Å². The third-order valence-electron chi connectivity index (χ3n) is 3.64. The van der Waals surface area contributed by atoms with E-state index in [2.05, 4.69) is 20.7 Å². The van der Waals surface area contributed by atoms with Crippen molar-refractivity contribution in [3.05, 3.63) is 28.7 Å². The molecule has 1 fully saturated rings. The lowest BCUT2D eigenvalue weighted by molar-refractivity contribution is 0.405. The summed E-state index contributed by atoms with van der Waals surface area (Å²) in [6, 6.07) is 6.55. The third-order valence-corrected chi connectivity index (χ3v) is 5.62. The van der Waals surface area contributed by atoms with Crippen LogP contribution in [0.5, 0.6) is 0 Å². The molecule has 0 radical (unpaired) electrons. The van der Waals surface area contributed by atoms with E-state index < -0.39 is 10.0 Å². The highest BCUT2D eigenvalue weighted by molar-refractivity contribution is 9.10. The number of rotatable bonds is 5. The van der Waals surface area contributed by atoms with Gasteiger partial charge < -0.3 is 5.73 Å². The fourth-order valence-corrected chi connectivity index (χ4v) is 4.51. The molecule has 1 saturated carbocycles. The molecule has 0 aromatic heterocycles. The highest BCUT2D eigenvalue weighted by atomic mass is 79.9. The zero-order valence-electron chi connectivity index (χ0n) is 10.7. The Kier molecular flexibility index (Phi) is 5.00. The van der Waals surface area contributed by atoms with Gasteiger partial charge in [-0.25, -0.2) is 13.1 Å². The Morgan fingerprint density at radius 2 is 2.05 bits per heavy atom. The second-order valence-electron chi connectivity index (χ2n) is 4.97. The van der Waals surface area contributed by atoms with Crippen LogP contribution in [-0.2, 0) is 10.0 Å². The van der Waals surface area contributed by atoms with Gasteiger partial charge in [-0.05, 0) is 37.0 Å². The van der Waals surface area contributed by atoms with E-state index in [1.54, 1.807) is 24.3 Å². The van der Waals surface area contributed by atoms with Crippen LogP contribution >= 0.6 is 15.9 Å². The van der Waals surface area contributed by atoms with Crippen molar-refractivity contribution in [3.63, 3.8) is 0 Å². The van der Waals surface area contributed by atoms with Gasteiger partial charge in [0, 0.05) is 17.1 Å². The summed E-state index contributed by atoms with van der Waals surface area (Å²) in [6.07, 6.45) is 4.45. The quantitative estimate of drug-likeness (QED) is 0.858. The Bertz CT molecular complexity index is 527. The van der Waals surface area contributed by atoms with E-state index in [1.807, 2.05) is 0 Å². The largest absolute Gasteiger partial charge is 0.329 e. The first kappa shape index (κ1) is 15.0. The highest BCUT2D eigenvalue weighted by Crippen LogP contribution is 2.28. The zero-order valence-corrected chi connectivity index (χ0v) is 13.1. The average molecular weight is 347 g/mol. The first-order valence-electron chi connectivity index (χ1n) is 6.51. The topological polar surface area (TPSA) is 72.2 Å². The minimum atomic E-state index is -3.49. The smallest absolute Gasteiger partial charge is 0.240 e. The molecule has 19 heavy (non-hydrogen) atoms. The van der Waals surface area contributed by atoms with Gasteiger partial charge in [0.1, 0.15) is 0 Å². The number of nitrogens with two attached hydrogens (primary N) is 1. The van der Waals surface area contributed by atoms with Crippen molar-refractivity contribution in [2.75, 3.05) is 6.54 Å². The lowest BCUT2D eigenvalue weighted by Gasteiger charge is -2.23. The van der Waals surface area contributed by atoms with E-state index in [0.717, 1.165) is 17.3 Å². The summed E-state index contributed by atoms with van der Waals surface area (Å²) < 4.78 is 28.2. The molecule has 3 N–H and O–H groups in total. The van der Waals surface area contributed by atoms with Crippen LogP contribution in [0.15, 0.2) is 33.6 Å². The maximum Gasteiger partial charge on any atom is 0.240 e. The van der Waals surface area contributed by atoms with Crippen LogP contribution in [0.1, 0.15) is 25.7 Å². The maximum absolute atomic E-state index is 12.3. The molecule has 6 heteroatoms. The first-order valence-corrected chi connectivity index (χ1v) is 8.78. The first-order chi connectivity index (χ1) is 9.03. The van der Waals surface area contributed by atoms with Gasteiger partial charge in [-0.1, -0.05) is 34.8 Å². The van der Waals surface area contributed by atoms with Gasteiger partial charge in [-0.3, -0.25) is 0 Å². The van der Waals surface area contributed by atoms with Crippen LogP contribution < -0.4 is 10.5 Å². The molecule has 1 aliphatic carbocycles. The Morgan fingerprint density at radius 3 is 2.63 bits per heavy atom. The van der Waals surface area contributed by atoms with Crippen LogP contribution in [0.2, 0.25) is 0 Å². The Labute approximate surface area is 122 Å². The number of sulfonamides is 1. The van der Waals surface area contributed by atoms with Crippen LogP contribution in [-0.4, -0.2) is 21.0 Å². The van der Waals surface area contributed by atoms with E-state index in [0.29, 0.717) is 12.5 Å². The molecule has 0 bridgehead atoms. The molecule has 2 rings (SSSR count). The molecule has 0 spiro atoms. The van der Waals surface area contributed by atoms with E-state index in [4.69, 9.17) is 5.73 Å². The summed E-state index contributed by atoms with van der Waals surface area (Å²) >= 11 is 3.29. The van der Waals surface area contributed by atoms with Crippen LogP contribution in [0.25, 0.3) is 0 Å². The molecular weight excluding hydrogens is 328 g/mol. The van der Waals surface area contributed by atoms with Gasteiger partial charge >= 0.3 is 0 Å². The number of halogens is 1. The highest BCUT2D eigenvalue weighted by Gasteiger charge is 2.28. The molecule has 106 valence electrons. The van der Waals surface area contributed by atoms with Crippen molar-refractivity contribution in [2.45, 2.75) is 36.6 Å². The van der Waals surface area contributed by atoms with Crippen LogP contribution in [0.4, 0.5) is 0 Å². The summed E-state index contributed by atoms with van der Waals surface area (Å²) in [4.78, 5) is 0.276. The number of benzene rings is 1. The van der Waals surface area contributed by atoms with E-state index in [-0.39, 0.29) is 10.9 Å². The fourth-order valence-electron chi connectivity index (χ4n) is 2.60. The monoisotopic (exact) mass is 346 g/mol. The number of hydrogen-bond acceptors (Lipinski definition) is 3. The minimum absolute atomic E-state index is 0.161. The second kappa shape index (κ2) is 6.35. The van der Waals surface area contributed by atoms with Crippen molar-refractivity contribution in [3.8, 4) is 0 Å². The molecular formula is C13H19BrN2O2S. The molecule has 4 nitrogen and oxygen atoms in total. The molecule has 0 aliphatic heterocycles. The standard InChI is InChI=1S/C13H19BrN2O2S/c14-11-6-3-7-12(8-11)19(17,18)16-13(9-15)10-4-1-2-5-10/h3,6-8,10,13,16H,1-2,4-5,9,15H2. The zero-order chi connectivity index (χ0) is 13.9. The Hall–Kier alpha value is -0.430. The minimum Gasteiger partial charge on any atom is -0.329 e. The number of hydrogen-bond donors (Lipinski definition) is 2. The van der Waals surface area contributed by atoms with E-state index >= 15 is 0 Å². The molecule has 0 amide bonds. The summed E-state index contributed by atoms with van der Waals surface area (Å²) in [6.45, 7) is 0.345. The van der Waals surface area contributed by atoms with Crippen LogP contribution in [0.3, 0.4) is 0 Å². The predicted molar refractivity (Wildman–Crippen MR) is 79.3 cm³/mol. The van der Waals surface area contributed by atoms with Gasteiger partial charge in [0.2, 0.25) is 10.0 Å². The van der Waals surface area contributed by atoms with Crippen molar-refractivity contribution in [1.82, 2.24) is 4.72 Å². The maximum atomic E-state index is 12.3. The van der Waals surface area contributed by atoms with Gasteiger partial charge in [0.25, 0.3) is 0 Å². The Balaban J connectivity index is 2.15. The molecule has 0 saturated heterocycles. The van der Waals surface area contributed by atoms with E-state index in [1.165, 1.54) is 12.8 Å². The van der Waals surface area contributed by atoms with Crippen molar-refractivity contribution in [1.29, 1.82) is 0 Å². The fraction of sp³-hybridized carbons (Fsp3) is 0.538. The molecule has 1 atom stereocenters. The van der Waals surface area contributed by atoms with Gasteiger partial charge in [-0.2, -0.15) is 0 Å². The molecule has 0 heterocycles. The molecule has 1 aromatic carbocycles. The molecule has 1 unspecified atom stereocenters. The SMILES string of the molecule is NCC(NS(=O)(=O)c1cccc(Br)c1)C1CCCC1. The van der Waals surface area contributed by atoms with Gasteiger partial charge in [0.15, 0.2) is 0 Å². The third kappa shape index (κ3) is 3.78. The second-order valence-corrected chi connectivity index (χ2v) is 7.60. The van der Waals surface area contributed by atoms with Gasteiger partial charge in [0.05, 0.1) is 4.90 Å². The number of nitrogens with one attached hydrogen (secondary N) is 1. The predicted octanol–water partition coefficient (Wildman–Crippen LogP) is 2.24. The van der Waals surface area contributed by atoms with Gasteiger partial charge in [-0.15, -0.1) is 0 Å². The summed E-state index contributed by atoms with van der Waals surface area (Å²) in [5.74, 6) is 0.368. The Morgan fingerprint density at radius 1 is 1.37 bits per heavy atom. The summed E-state index contributed by atoms with van der Waals surface area (Å²) in [5.41, 5.74) is 5.73. The lowest BCUT2D eigenvalue weighted by Crippen LogP contribution is -2.44. The molecule has 1 aliphatic rings. The van der Waals surface area contributed by atoms with E-state index in [9.17, 15) is 8.42 Å². The lowest BCUT2D eigenvalue weighted by atomic mass is 9.99. The van der Waals surface area contributed by atoms with Crippen molar-refractivity contribution in [2.24, 2.45) is 11.7 Å².